The molecule has 0 bridgehead atoms. The summed E-state index contributed by atoms with van der Waals surface area (Å²) in [5, 5.41) is 0. The summed E-state index contributed by atoms with van der Waals surface area (Å²) in [5.41, 5.74) is 1.33. The number of carbonyl (C=O) groups is 1. The highest BCUT2D eigenvalue weighted by Crippen LogP contribution is 2.18. The van der Waals surface area contributed by atoms with Crippen LogP contribution in [-0.2, 0) is 16.0 Å². The van der Waals surface area contributed by atoms with Gasteiger partial charge in [0.25, 0.3) is 0 Å². The molecule has 0 saturated carbocycles. The van der Waals surface area contributed by atoms with E-state index in [1.165, 1.54) is 37.9 Å². The van der Waals surface area contributed by atoms with Crippen LogP contribution in [0.1, 0.15) is 50.5 Å². The third-order valence-electron chi connectivity index (χ3n) is 5.76. The van der Waals surface area contributed by atoms with Crippen LogP contribution in [0.3, 0.4) is 0 Å². The van der Waals surface area contributed by atoms with E-state index in [0.717, 1.165) is 52.0 Å². The van der Waals surface area contributed by atoms with Gasteiger partial charge in [-0.05, 0) is 57.2 Å². The molecule has 2 heterocycles. The summed E-state index contributed by atoms with van der Waals surface area (Å²) in [4.78, 5) is 17.7. The van der Waals surface area contributed by atoms with Crippen LogP contribution in [0, 0.1) is 0 Å². The van der Waals surface area contributed by atoms with Crippen molar-refractivity contribution in [3.63, 3.8) is 0 Å². The maximum Gasteiger partial charge on any atom is 0.222 e. The van der Waals surface area contributed by atoms with E-state index in [4.69, 9.17) is 4.74 Å². The number of ether oxygens (including phenoxy) is 1. The predicted molar refractivity (Wildman–Crippen MR) is 105 cm³/mol. The molecule has 26 heavy (non-hydrogen) atoms. The van der Waals surface area contributed by atoms with Crippen molar-refractivity contribution in [2.75, 3.05) is 39.4 Å². The van der Waals surface area contributed by atoms with E-state index >= 15 is 0 Å². The minimum atomic E-state index is 0.338. The Balaban J connectivity index is 1.50. The molecule has 4 nitrogen and oxygen atoms in total. The van der Waals surface area contributed by atoms with Crippen molar-refractivity contribution in [2.24, 2.45) is 0 Å². The molecule has 4 heteroatoms. The van der Waals surface area contributed by atoms with Gasteiger partial charge in [-0.15, -0.1) is 0 Å². The highest BCUT2D eigenvalue weighted by molar-refractivity contribution is 5.76. The van der Waals surface area contributed by atoms with Crippen LogP contribution >= 0.6 is 0 Å². The van der Waals surface area contributed by atoms with E-state index in [0.29, 0.717) is 18.4 Å². The highest BCUT2D eigenvalue weighted by atomic mass is 16.5. The zero-order valence-corrected chi connectivity index (χ0v) is 16.1. The molecule has 2 fully saturated rings. The van der Waals surface area contributed by atoms with Crippen LogP contribution in [0.4, 0.5) is 0 Å². The molecule has 1 aromatic carbocycles. The first-order chi connectivity index (χ1) is 12.8. The van der Waals surface area contributed by atoms with E-state index in [1.807, 2.05) is 6.07 Å². The number of hydrogen-bond donors (Lipinski definition) is 0. The molecule has 0 aliphatic carbocycles. The van der Waals surface area contributed by atoms with Gasteiger partial charge in [0, 0.05) is 38.8 Å². The van der Waals surface area contributed by atoms with Crippen molar-refractivity contribution in [2.45, 2.75) is 57.4 Å². The van der Waals surface area contributed by atoms with Crippen LogP contribution in [0.15, 0.2) is 30.3 Å². The highest BCUT2D eigenvalue weighted by Gasteiger charge is 2.26. The molecule has 0 radical (unpaired) electrons. The molecule has 0 atom stereocenters. The Labute approximate surface area is 158 Å². The smallest absolute Gasteiger partial charge is 0.222 e. The molecule has 2 aliphatic rings. The average Bonchev–Trinajstić information content (AvgIpc) is 2.70. The lowest BCUT2D eigenvalue weighted by molar-refractivity contribution is -0.135. The number of carbonyl (C=O) groups excluding carboxylic acids is 1. The van der Waals surface area contributed by atoms with E-state index in [-0.39, 0.29) is 0 Å². The Bertz CT molecular complexity index is 522. The molecule has 144 valence electrons. The minimum absolute atomic E-state index is 0.338. The zero-order valence-electron chi connectivity index (χ0n) is 16.1. The summed E-state index contributed by atoms with van der Waals surface area (Å²) in [6.07, 6.45) is 8.54. The summed E-state index contributed by atoms with van der Waals surface area (Å²) in [5.74, 6) is 0.338. The van der Waals surface area contributed by atoms with E-state index in [9.17, 15) is 4.79 Å². The van der Waals surface area contributed by atoms with Crippen molar-refractivity contribution in [1.29, 1.82) is 0 Å². The maximum absolute atomic E-state index is 13.0. The van der Waals surface area contributed by atoms with Gasteiger partial charge < -0.3 is 14.5 Å². The number of piperidine rings is 1. The Morgan fingerprint density at radius 1 is 1.08 bits per heavy atom. The fourth-order valence-corrected chi connectivity index (χ4v) is 4.17. The fourth-order valence-electron chi connectivity index (χ4n) is 4.17. The van der Waals surface area contributed by atoms with Gasteiger partial charge in [-0.2, -0.15) is 0 Å². The van der Waals surface area contributed by atoms with E-state index < -0.39 is 0 Å². The van der Waals surface area contributed by atoms with Crippen molar-refractivity contribution < 1.29 is 9.53 Å². The van der Waals surface area contributed by atoms with Gasteiger partial charge in [0.15, 0.2) is 0 Å². The second kappa shape index (κ2) is 10.7. The van der Waals surface area contributed by atoms with Crippen LogP contribution < -0.4 is 0 Å². The van der Waals surface area contributed by atoms with E-state index in [1.54, 1.807) is 0 Å². The van der Waals surface area contributed by atoms with Crippen molar-refractivity contribution >= 4 is 5.91 Å². The third-order valence-corrected chi connectivity index (χ3v) is 5.76. The lowest BCUT2D eigenvalue weighted by Crippen LogP contribution is -2.47. The van der Waals surface area contributed by atoms with Gasteiger partial charge in [-0.3, -0.25) is 4.79 Å². The van der Waals surface area contributed by atoms with Gasteiger partial charge in [-0.1, -0.05) is 36.8 Å². The van der Waals surface area contributed by atoms with Crippen LogP contribution in [-0.4, -0.2) is 61.1 Å². The average molecular weight is 359 g/mol. The molecule has 0 N–H and O–H groups in total. The third kappa shape index (κ3) is 6.10. The SMILES string of the molecule is O=C(CCCc1ccccc1)N(CCN1CCCCC1)C1CCOCC1. The summed E-state index contributed by atoms with van der Waals surface area (Å²) in [6, 6.07) is 10.9. The number of rotatable bonds is 8. The Hall–Kier alpha value is -1.39. The minimum Gasteiger partial charge on any atom is -0.381 e. The Kier molecular flexibility index (Phi) is 7.96. The first-order valence-corrected chi connectivity index (χ1v) is 10.5. The lowest BCUT2D eigenvalue weighted by Gasteiger charge is -2.36. The number of amides is 1. The lowest BCUT2D eigenvalue weighted by atomic mass is 10.0. The van der Waals surface area contributed by atoms with Crippen molar-refractivity contribution in [3.05, 3.63) is 35.9 Å². The Morgan fingerprint density at radius 2 is 1.81 bits per heavy atom. The largest absolute Gasteiger partial charge is 0.381 e. The molecule has 0 spiro atoms. The number of aryl methyl sites for hydroxylation is 1. The zero-order chi connectivity index (χ0) is 18.0. The molecule has 1 amide bonds. The normalized spacial score (nSPS) is 19.4. The van der Waals surface area contributed by atoms with Gasteiger partial charge in [0.05, 0.1) is 0 Å². The molecule has 0 unspecified atom stereocenters. The molecule has 1 aromatic rings. The molecule has 2 aliphatic heterocycles. The number of likely N-dealkylation sites (tertiary alicyclic amines) is 1. The Morgan fingerprint density at radius 3 is 2.54 bits per heavy atom. The summed E-state index contributed by atoms with van der Waals surface area (Å²) >= 11 is 0. The van der Waals surface area contributed by atoms with Gasteiger partial charge in [0.1, 0.15) is 0 Å². The monoisotopic (exact) mass is 358 g/mol. The number of hydrogen-bond acceptors (Lipinski definition) is 3. The first-order valence-electron chi connectivity index (χ1n) is 10.5. The van der Waals surface area contributed by atoms with Crippen molar-refractivity contribution in [3.8, 4) is 0 Å². The van der Waals surface area contributed by atoms with Gasteiger partial charge in [0.2, 0.25) is 5.91 Å². The maximum atomic E-state index is 13.0. The number of benzene rings is 1. The standard InChI is InChI=1S/C22H34N2O2/c25-22(11-7-10-20-8-3-1-4-9-20)24(21-12-18-26-19-13-21)17-16-23-14-5-2-6-15-23/h1,3-4,8-9,21H,2,5-7,10-19H2. The first kappa shape index (κ1) is 19.4. The molecule has 0 aromatic heterocycles. The number of nitrogens with zero attached hydrogens (tertiary/aromatic N) is 2. The molecular formula is C22H34N2O2. The summed E-state index contributed by atoms with van der Waals surface area (Å²) in [6.45, 7) is 5.90. The predicted octanol–water partition coefficient (Wildman–Crippen LogP) is 3.50. The summed E-state index contributed by atoms with van der Waals surface area (Å²) < 4.78 is 5.51. The second-order valence-electron chi connectivity index (χ2n) is 7.67. The topological polar surface area (TPSA) is 32.8 Å². The van der Waals surface area contributed by atoms with Gasteiger partial charge >= 0.3 is 0 Å². The van der Waals surface area contributed by atoms with Crippen LogP contribution in [0.25, 0.3) is 0 Å². The van der Waals surface area contributed by atoms with Crippen molar-refractivity contribution in [1.82, 2.24) is 9.80 Å². The molecule has 2 saturated heterocycles. The van der Waals surface area contributed by atoms with E-state index in [2.05, 4.69) is 34.1 Å². The second-order valence-corrected chi connectivity index (χ2v) is 7.67. The molecule has 3 rings (SSSR count). The quantitative estimate of drug-likeness (QED) is 0.713. The fraction of sp³-hybridized carbons (Fsp3) is 0.682. The van der Waals surface area contributed by atoms with Crippen LogP contribution in [0.5, 0.6) is 0 Å². The van der Waals surface area contributed by atoms with Crippen LogP contribution in [0.2, 0.25) is 0 Å². The van der Waals surface area contributed by atoms with Gasteiger partial charge in [-0.25, -0.2) is 0 Å². The molecular weight excluding hydrogens is 324 g/mol. The summed E-state index contributed by atoms with van der Waals surface area (Å²) in [7, 11) is 0.